The Balaban J connectivity index is 1.54. The van der Waals surface area contributed by atoms with Crippen LogP contribution < -0.4 is 10.1 Å². The normalized spacial score (nSPS) is 16.0. The molecule has 1 N–H and O–H groups in total. The molecule has 150 valence electrons. The number of benzene rings is 2. The van der Waals surface area contributed by atoms with E-state index in [2.05, 4.69) is 21.9 Å². The molecule has 1 saturated heterocycles. The van der Waals surface area contributed by atoms with Crippen molar-refractivity contribution in [1.29, 1.82) is 0 Å². The summed E-state index contributed by atoms with van der Waals surface area (Å²) in [6.45, 7) is 5.34. The van der Waals surface area contributed by atoms with E-state index in [9.17, 15) is 18.0 Å². The van der Waals surface area contributed by atoms with Crippen LogP contribution in [-0.2, 0) is 6.54 Å². The Hall–Kier alpha value is -2.54. The highest BCUT2D eigenvalue weighted by molar-refractivity contribution is 6.04. The van der Waals surface area contributed by atoms with Crippen LogP contribution in [0.5, 0.6) is 5.75 Å². The molecule has 28 heavy (non-hydrogen) atoms. The molecule has 0 bridgehead atoms. The summed E-state index contributed by atoms with van der Waals surface area (Å²) < 4.78 is 40.3. The molecule has 7 heteroatoms. The third-order valence-corrected chi connectivity index (χ3v) is 4.84. The number of hydrogen-bond donors (Lipinski definition) is 1. The van der Waals surface area contributed by atoms with Crippen molar-refractivity contribution in [3.8, 4) is 5.75 Å². The van der Waals surface area contributed by atoms with E-state index in [0.717, 1.165) is 43.2 Å². The van der Waals surface area contributed by atoms with Crippen molar-refractivity contribution in [2.75, 3.05) is 18.4 Å². The van der Waals surface area contributed by atoms with E-state index in [1.165, 1.54) is 25.0 Å². The fourth-order valence-electron chi connectivity index (χ4n) is 3.18. The van der Waals surface area contributed by atoms with Crippen LogP contribution in [0.4, 0.5) is 18.9 Å². The van der Waals surface area contributed by atoms with Crippen molar-refractivity contribution in [3.05, 3.63) is 59.7 Å². The van der Waals surface area contributed by atoms with Gasteiger partial charge in [-0.25, -0.2) is 0 Å². The van der Waals surface area contributed by atoms with Gasteiger partial charge in [0.25, 0.3) is 5.91 Å². The summed E-state index contributed by atoms with van der Waals surface area (Å²) in [6, 6.07) is 12.4. The Morgan fingerprint density at radius 3 is 2.25 bits per heavy atom. The SMILES string of the molecule is CC1CCN(Cc2ccc(C(=O)Nc3ccc(OC(F)(F)F)cc3)cc2)CC1. The first-order valence-corrected chi connectivity index (χ1v) is 9.27. The summed E-state index contributed by atoms with van der Waals surface area (Å²) in [6.07, 6.45) is -2.31. The molecule has 1 heterocycles. The second-order valence-electron chi connectivity index (χ2n) is 7.18. The third kappa shape index (κ3) is 5.99. The number of amides is 1. The van der Waals surface area contributed by atoms with E-state index in [-0.39, 0.29) is 11.7 Å². The van der Waals surface area contributed by atoms with Crippen LogP contribution in [0.25, 0.3) is 0 Å². The third-order valence-electron chi connectivity index (χ3n) is 4.84. The van der Waals surface area contributed by atoms with Crippen molar-refractivity contribution < 1.29 is 22.7 Å². The number of anilines is 1. The maximum Gasteiger partial charge on any atom is 0.573 e. The van der Waals surface area contributed by atoms with E-state index in [4.69, 9.17) is 0 Å². The second-order valence-corrected chi connectivity index (χ2v) is 7.18. The van der Waals surface area contributed by atoms with Crippen LogP contribution in [0, 0.1) is 5.92 Å². The molecule has 0 atom stereocenters. The molecular formula is C21H23F3N2O2. The maximum atomic E-state index is 12.3. The Labute approximate surface area is 162 Å². The molecule has 4 nitrogen and oxygen atoms in total. The lowest BCUT2D eigenvalue weighted by Gasteiger charge is -2.30. The summed E-state index contributed by atoms with van der Waals surface area (Å²) in [4.78, 5) is 14.7. The highest BCUT2D eigenvalue weighted by Gasteiger charge is 2.31. The number of alkyl halides is 3. The van der Waals surface area contributed by atoms with Gasteiger partial charge in [-0.2, -0.15) is 0 Å². The standard InChI is InChI=1S/C21H23F3N2O2/c1-15-10-12-26(13-11-15)14-16-2-4-17(5-3-16)20(27)25-18-6-8-19(9-7-18)28-21(22,23)24/h2-9,15H,10-14H2,1H3,(H,25,27). The molecule has 1 amide bonds. The van der Waals surface area contributed by atoms with Gasteiger partial charge in [0, 0.05) is 17.8 Å². The topological polar surface area (TPSA) is 41.6 Å². The number of likely N-dealkylation sites (tertiary alicyclic amines) is 1. The van der Waals surface area contributed by atoms with Crippen LogP contribution >= 0.6 is 0 Å². The Morgan fingerprint density at radius 1 is 1.07 bits per heavy atom. The lowest BCUT2D eigenvalue weighted by Crippen LogP contribution is -2.32. The molecule has 0 aliphatic carbocycles. The molecule has 0 unspecified atom stereocenters. The fraction of sp³-hybridized carbons (Fsp3) is 0.381. The zero-order valence-electron chi connectivity index (χ0n) is 15.6. The molecule has 0 saturated carbocycles. The van der Waals surface area contributed by atoms with Gasteiger partial charge in [-0.05, 0) is 73.8 Å². The Kier molecular flexibility index (Phi) is 6.24. The molecule has 1 aliphatic heterocycles. The van der Waals surface area contributed by atoms with Gasteiger partial charge in [-0.15, -0.1) is 13.2 Å². The second kappa shape index (κ2) is 8.65. The van der Waals surface area contributed by atoms with Gasteiger partial charge in [-0.3, -0.25) is 9.69 Å². The fourth-order valence-corrected chi connectivity index (χ4v) is 3.18. The van der Waals surface area contributed by atoms with Gasteiger partial charge in [0.2, 0.25) is 0 Å². The number of nitrogens with zero attached hydrogens (tertiary/aromatic N) is 1. The quantitative estimate of drug-likeness (QED) is 0.773. The number of halogens is 3. The number of carbonyl (C=O) groups excluding carboxylic acids is 1. The highest BCUT2D eigenvalue weighted by Crippen LogP contribution is 2.24. The molecule has 2 aromatic carbocycles. The van der Waals surface area contributed by atoms with Crippen molar-refractivity contribution in [3.63, 3.8) is 0 Å². The summed E-state index contributed by atoms with van der Waals surface area (Å²) in [5.41, 5.74) is 2.04. The molecule has 2 aromatic rings. The summed E-state index contributed by atoms with van der Waals surface area (Å²) >= 11 is 0. The average molecular weight is 392 g/mol. The molecule has 0 spiro atoms. The number of hydrogen-bond acceptors (Lipinski definition) is 3. The minimum atomic E-state index is -4.74. The van der Waals surface area contributed by atoms with Crippen molar-refractivity contribution >= 4 is 11.6 Å². The number of nitrogens with one attached hydrogen (secondary N) is 1. The summed E-state index contributed by atoms with van der Waals surface area (Å²) in [5.74, 6) is 0.140. The van der Waals surface area contributed by atoms with Gasteiger partial charge in [0.1, 0.15) is 5.75 Å². The molecule has 1 fully saturated rings. The molecule has 0 radical (unpaired) electrons. The summed E-state index contributed by atoms with van der Waals surface area (Å²) in [5, 5.41) is 2.67. The summed E-state index contributed by atoms with van der Waals surface area (Å²) in [7, 11) is 0. The predicted octanol–water partition coefficient (Wildman–Crippen LogP) is 5.07. The van der Waals surface area contributed by atoms with Crippen molar-refractivity contribution in [2.24, 2.45) is 5.92 Å². The first kappa shape index (κ1) is 20.2. The molecular weight excluding hydrogens is 369 g/mol. The molecule has 0 aromatic heterocycles. The van der Waals surface area contributed by atoms with E-state index in [1.54, 1.807) is 12.1 Å². The smallest absolute Gasteiger partial charge is 0.406 e. The van der Waals surface area contributed by atoms with Crippen LogP contribution in [-0.4, -0.2) is 30.3 Å². The predicted molar refractivity (Wildman–Crippen MR) is 101 cm³/mol. The lowest BCUT2D eigenvalue weighted by atomic mass is 9.99. The molecule has 3 rings (SSSR count). The first-order valence-electron chi connectivity index (χ1n) is 9.27. The van der Waals surface area contributed by atoms with Gasteiger partial charge >= 0.3 is 6.36 Å². The average Bonchev–Trinajstić information content (AvgIpc) is 2.65. The van der Waals surface area contributed by atoms with E-state index in [0.29, 0.717) is 11.3 Å². The number of ether oxygens (including phenoxy) is 1. The minimum absolute atomic E-state index is 0.317. The monoisotopic (exact) mass is 392 g/mol. The minimum Gasteiger partial charge on any atom is -0.406 e. The number of rotatable bonds is 5. The van der Waals surface area contributed by atoms with Crippen molar-refractivity contribution in [1.82, 2.24) is 4.90 Å². The number of piperidine rings is 1. The van der Waals surface area contributed by atoms with Gasteiger partial charge in [-0.1, -0.05) is 19.1 Å². The van der Waals surface area contributed by atoms with Crippen LogP contribution in [0.2, 0.25) is 0 Å². The van der Waals surface area contributed by atoms with Gasteiger partial charge in [0.15, 0.2) is 0 Å². The Morgan fingerprint density at radius 2 is 1.68 bits per heavy atom. The zero-order valence-corrected chi connectivity index (χ0v) is 15.6. The maximum absolute atomic E-state index is 12.3. The first-order chi connectivity index (χ1) is 13.3. The van der Waals surface area contributed by atoms with E-state index in [1.807, 2.05) is 12.1 Å². The Bertz CT molecular complexity index is 781. The van der Waals surface area contributed by atoms with Gasteiger partial charge in [0.05, 0.1) is 0 Å². The lowest BCUT2D eigenvalue weighted by molar-refractivity contribution is -0.274. The van der Waals surface area contributed by atoms with E-state index >= 15 is 0 Å². The van der Waals surface area contributed by atoms with Gasteiger partial charge < -0.3 is 10.1 Å². The number of carbonyl (C=O) groups is 1. The molecule has 1 aliphatic rings. The van der Waals surface area contributed by atoms with Crippen LogP contribution in [0.15, 0.2) is 48.5 Å². The highest BCUT2D eigenvalue weighted by atomic mass is 19.4. The van der Waals surface area contributed by atoms with Crippen LogP contribution in [0.1, 0.15) is 35.7 Å². The van der Waals surface area contributed by atoms with E-state index < -0.39 is 6.36 Å². The van der Waals surface area contributed by atoms with Crippen molar-refractivity contribution in [2.45, 2.75) is 32.7 Å². The largest absolute Gasteiger partial charge is 0.573 e. The zero-order chi connectivity index (χ0) is 20.1. The van der Waals surface area contributed by atoms with Crippen LogP contribution in [0.3, 0.4) is 0 Å².